The molecule has 2 fully saturated rings. The van der Waals surface area contributed by atoms with Crippen molar-refractivity contribution >= 4 is 5.97 Å². The number of hydrogen-bond donors (Lipinski definition) is 1. The van der Waals surface area contributed by atoms with Crippen LogP contribution < -0.4 is 0 Å². The van der Waals surface area contributed by atoms with E-state index >= 15 is 0 Å². The zero-order chi connectivity index (χ0) is 19.2. The summed E-state index contributed by atoms with van der Waals surface area (Å²) in [5.41, 5.74) is 2.77. The average molecular weight is 366 g/mol. The number of nitriles is 1. The first kappa shape index (κ1) is 19.7. The predicted octanol–water partition coefficient (Wildman–Crippen LogP) is 6.06. The summed E-state index contributed by atoms with van der Waals surface area (Å²) >= 11 is 0. The summed E-state index contributed by atoms with van der Waals surface area (Å²) < 4.78 is 0. The van der Waals surface area contributed by atoms with Crippen molar-refractivity contribution in [3.63, 3.8) is 0 Å². The van der Waals surface area contributed by atoms with Crippen LogP contribution in [0.25, 0.3) is 0 Å². The SMILES string of the molecule is CCC=C(C(=O)O)C1CCC(C2CCC(c3ccc(C#N)cc3)CC2)CC1. The van der Waals surface area contributed by atoms with E-state index in [9.17, 15) is 9.90 Å². The van der Waals surface area contributed by atoms with E-state index in [4.69, 9.17) is 5.26 Å². The molecule has 0 atom stereocenters. The fourth-order valence-electron chi connectivity index (χ4n) is 5.30. The van der Waals surface area contributed by atoms with Crippen LogP contribution in [0, 0.1) is 29.1 Å². The summed E-state index contributed by atoms with van der Waals surface area (Å²) in [5, 5.41) is 18.4. The Labute approximate surface area is 163 Å². The standard InChI is InChI=1S/C24H31NO2/c1-2-3-23(24(26)27)22-14-12-21(13-15-22)20-10-8-19(9-11-20)18-6-4-17(16-25)5-7-18/h3-7,19-22H,2,8-15H2,1H3,(H,26,27). The van der Waals surface area contributed by atoms with Crippen molar-refractivity contribution in [2.75, 3.05) is 0 Å². The highest BCUT2D eigenvalue weighted by Gasteiger charge is 2.33. The molecule has 0 bridgehead atoms. The maximum atomic E-state index is 11.5. The highest BCUT2D eigenvalue weighted by atomic mass is 16.4. The Morgan fingerprint density at radius 1 is 1.04 bits per heavy atom. The van der Waals surface area contributed by atoms with Crippen molar-refractivity contribution in [3.8, 4) is 6.07 Å². The van der Waals surface area contributed by atoms with Crippen LogP contribution in [0.1, 0.15) is 81.8 Å². The number of hydrogen-bond acceptors (Lipinski definition) is 2. The van der Waals surface area contributed by atoms with Gasteiger partial charge >= 0.3 is 5.97 Å². The fourth-order valence-corrected chi connectivity index (χ4v) is 5.30. The molecule has 3 nitrogen and oxygen atoms in total. The summed E-state index contributed by atoms with van der Waals surface area (Å²) in [6.07, 6.45) is 12.2. The van der Waals surface area contributed by atoms with E-state index in [1.165, 1.54) is 44.1 Å². The van der Waals surface area contributed by atoms with Crippen LogP contribution >= 0.6 is 0 Å². The molecule has 2 aliphatic carbocycles. The molecule has 1 N–H and O–H groups in total. The van der Waals surface area contributed by atoms with Crippen molar-refractivity contribution in [2.45, 2.75) is 70.6 Å². The minimum atomic E-state index is -0.719. The number of carboxylic acid groups (broad SMARTS) is 1. The van der Waals surface area contributed by atoms with E-state index in [-0.39, 0.29) is 5.92 Å². The average Bonchev–Trinajstić information content (AvgIpc) is 2.72. The lowest BCUT2D eigenvalue weighted by atomic mass is 9.67. The van der Waals surface area contributed by atoms with Gasteiger partial charge in [0.2, 0.25) is 0 Å². The molecule has 2 saturated carbocycles. The Hall–Kier alpha value is -2.08. The van der Waals surface area contributed by atoms with Gasteiger partial charge in [-0.25, -0.2) is 4.79 Å². The third kappa shape index (κ3) is 4.80. The normalized spacial score (nSPS) is 29.1. The quantitative estimate of drug-likeness (QED) is 0.645. The zero-order valence-electron chi connectivity index (χ0n) is 16.4. The predicted molar refractivity (Wildman–Crippen MR) is 107 cm³/mol. The number of carbonyl (C=O) groups is 1. The van der Waals surface area contributed by atoms with Gasteiger partial charge in [-0.05, 0) is 99.2 Å². The Kier molecular flexibility index (Phi) is 6.72. The molecule has 2 aliphatic rings. The maximum Gasteiger partial charge on any atom is 0.331 e. The number of aliphatic carboxylic acids is 1. The van der Waals surface area contributed by atoms with Crippen LogP contribution in [0.2, 0.25) is 0 Å². The minimum Gasteiger partial charge on any atom is -0.478 e. The molecule has 0 radical (unpaired) electrons. The number of benzene rings is 1. The molecule has 1 aromatic rings. The summed E-state index contributed by atoms with van der Waals surface area (Å²) in [4.78, 5) is 11.5. The van der Waals surface area contributed by atoms with Crippen LogP contribution in [0.15, 0.2) is 35.9 Å². The molecule has 0 amide bonds. The first-order valence-electron chi connectivity index (χ1n) is 10.6. The lowest BCUT2D eigenvalue weighted by Gasteiger charge is -2.38. The minimum absolute atomic E-state index is 0.258. The molecular weight excluding hydrogens is 334 g/mol. The van der Waals surface area contributed by atoms with E-state index in [1.54, 1.807) is 0 Å². The monoisotopic (exact) mass is 365 g/mol. The molecule has 0 heterocycles. The van der Waals surface area contributed by atoms with Gasteiger partial charge in [-0.2, -0.15) is 5.26 Å². The third-order valence-corrected chi connectivity index (χ3v) is 6.83. The summed E-state index contributed by atoms with van der Waals surface area (Å²) in [6.45, 7) is 2.01. The van der Waals surface area contributed by atoms with Gasteiger partial charge in [-0.1, -0.05) is 25.1 Å². The molecule has 27 heavy (non-hydrogen) atoms. The van der Waals surface area contributed by atoms with Gasteiger partial charge in [-0.3, -0.25) is 0 Å². The van der Waals surface area contributed by atoms with E-state index in [0.29, 0.717) is 11.5 Å². The second kappa shape index (κ2) is 9.22. The second-order valence-corrected chi connectivity index (χ2v) is 8.33. The van der Waals surface area contributed by atoms with Gasteiger partial charge in [0, 0.05) is 5.57 Å². The van der Waals surface area contributed by atoms with Crippen molar-refractivity contribution in [3.05, 3.63) is 47.0 Å². The summed E-state index contributed by atoms with van der Waals surface area (Å²) in [7, 11) is 0. The number of allylic oxidation sites excluding steroid dienone is 1. The van der Waals surface area contributed by atoms with Gasteiger partial charge in [-0.15, -0.1) is 0 Å². The molecule has 0 saturated heterocycles. The van der Waals surface area contributed by atoms with Crippen LogP contribution in [0.3, 0.4) is 0 Å². The van der Waals surface area contributed by atoms with E-state index in [2.05, 4.69) is 18.2 Å². The highest BCUT2D eigenvalue weighted by Crippen LogP contribution is 2.45. The van der Waals surface area contributed by atoms with Gasteiger partial charge < -0.3 is 5.11 Å². The lowest BCUT2D eigenvalue weighted by molar-refractivity contribution is -0.133. The topological polar surface area (TPSA) is 61.1 Å². The van der Waals surface area contributed by atoms with Crippen molar-refractivity contribution < 1.29 is 9.90 Å². The molecule has 3 heteroatoms. The van der Waals surface area contributed by atoms with E-state index in [0.717, 1.165) is 36.7 Å². The van der Waals surface area contributed by atoms with Crippen LogP contribution in [-0.2, 0) is 4.79 Å². The first-order valence-corrected chi connectivity index (χ1v) is 10.6. The Morgan fingerprint density at radius 3 is 2.07 bits per heavy atom. The number of rotatable bonds is 5. The van der Waals surface area contributed by atoms with Crippen LogP contribution in [0.5, 0.6) is 0 Å². The third-order valence-electron chi connectivity index (χ3n) is 6.83. The Balaban J connectivity index is 1.50. The summed E-state index contributed by atoms with van der Waals surface area (Å²) in [6, 6.07) is 10.3. The van der Waals surface area contributed by atoms with Crippen LogP contribution in [0.4, 0.5) is 0 Å². The molecule has 0 aliphatic heterocycles. The molecule has 3 rings (SSSR count). The zero-order valence-corrected chi connectivity index (χ0v) is 16.4. The number of nitrogens with zero attached hydrogens (tertiary/aromatic N) is 1. The molecule has 144 valence electrons. The van der Waals surface area contributed by atoms with Gasteiger partial charge in [0.15, 0.2) is 0 Å². The van der Waals surface area contributed by atoms with Crippen molar-refractivity contribution in [2.24, 2.45) is 17.8 Å². The maximum absolute atomic E-state index is 11.5. The largest absolute Gasteiger partial charge is 0.478 e. The van der Waals surface area contributed by atoms with Gasteiger partial charge in [0.1, 0.15) is 0 Å². The van der Waals surface area contributed by atoms with Crippen LogP contribution in [-0.4, -0.2) is 11.1 Å². The molecule has 1 aromatic carbocycles. The lowest BCUT2D eigenvalue weighted by Crippen LogP contribution is -2.27. The first-order chi connectivity index (χ1) is 13.1. The summed E-state index contributed by atoms with van der Waals surface area (Å²) in [5.74, 6) is 1.76. The second-order valence-electron chi connectivity index (χ2n) is 8.33. The van der Waals surface area contributed by atoms with Crippen molar-refractivity contribution in [1.29, 1.82) is 5.26 Å². The number of carboxylic acids is 1. The van der Waals surface area contributed by atoms with E-state index in [1.807, 2.05) is 25.1 Å². The molecular formula is C24H31NO2. The van der Waals surface area contributed by atoms with E-state index < -0.39 is 5.97 Å². The molecule has 0 unspecified atom stereocenters. The Morgan fingerprint density at radius 2 is 1.59 bits per heavy atom. The highest BCUT2D eigenvalue weighted by molar-refractivity contribution is 5.87. The Bertz CT molecular complexity index is 697. The molecule has 0 spiro atoms. The smallest absolute Gasteiger partial charge is 0.331 e. The fraction of sp³-hybridized carbons (Fsp3) is 0.583. The van der Waals surface area contributed by atoms with Gasteiger partial charge in [0.25, 0.3) is 0 Å². The van der Waals surface area contributed by atoms with Crippen molar-refractivity contribution in [1.82, 2.24) is 0 Å². The van der Waals surface area contributed by atoms with Gasteiger partial charge in [0.05, 0.1) is 11.6 Å². The molecule has 0 aromatic heterocycles.